The van der Waals surface area contributed by atoms with Crippen molar-refractivity contribution in [2.24, 2.45) is 5.90 Å². The highest BCUT2D eigenvalue weighted by Gasteiger charge is 1.97. The predicted octanol–water partition coefficient (Wildman–Crippen LogP) is -0.237. The second kappa shape index (κ2) is 10.8. The van der Waals surface area contributed by atoms with E-state index >= 15 is 0 Å². The molecule has 0 saturated heterocycles. The number of rotatable bonds is 9. The van der Waals surface area contributed by atoms with E-state index in [0.717, 1.165) is 18.8 Å². The van der Waals surface area contributed by atoms with Crippen molar-refractivity contribution in [3.63, 3.8) is 0 Å². The maximum Gasteiger partial charge on any atom is 0.248 e. The summed E-state index contributed by atoms with van der Waals surface area (Å²) in [5, 5.41) is 2.60. The largest absolute Gasteiger partial charge is 0.380 e. The van der Waals surface area contributed by atoms with Gasteiger partial charge in [0.05, 0.1) is 6.61 Å². The van der Waals surface area contributed by atoms with Crippen molar-refractivity contribution in [3.8, 4) is 0 Å². The molecule has 14 heavy (non-hydrogen) atoms. The molecule has 0 aliphatic heterocycles. The third kappa shape index (κ3) is 9.79. The Morgan fingerprint density at radius 2 is 2.29 bits per heavy atom. The van der Waals surface area contributed by atoms with Crippen LogP contribution >= 0.6 is 11.8 Å². The third-order valence-corrected chi connectivity index (χ3v) is 2.12. The van der Waals surface area contributed by atoms with Gasteiger partial charge in [0, 0.05) is 13.2 Å². The number of carbonyl (C=O) groups is 1. The third-order valence-electron chi connectivity index (χ3n) is 1.42. The fraction of sp³-hybridized carbons (Fsp3) is 0.875. The molecule has 0 aromatic carbocycles. The van der Waals surface area contributed by atoms with Crippen molar-refractivity contribution >= 4 is 17.7 Å². The summed E-state index contributed by atoms with van der Waals surface area (Å²) in [5.74, 6) is 5.60. The van der Waals surface area contributed by atoms with Gasteiger partial charge in [-0.2, -0.15) is 11.8 Å². The zero-order valence-electron chi connectivity index (χ0n) is 8.45. The molecule has 0 aromatic heterocycles. The van der Waals surface area contributed by atoms with Crippen LogP contribution in [-0.2, 0) is 14.4 Å². The first kappa shape index (κ1) is 13.7. The van der Waals surface area contributed by atoms with Gasteiger partial charge in [-0.3, -0.25) is 9.63 Å². The molecule has 0 aliphatic rings. The first-order valence-corrected chi connectivity index (χ1v) is 5.85. The summed E-state index contributed by atoms with van der Waals surface area (Å²) < 4.78 is 5.26. The average Bonchev–Trinajstić information content (AvgIpc) is 2.17. The Hall–Kier alpha value is -0.300. The van der Waals surface area contributed by atoms with Crippen LogP contribution in [0.2, 0.25) is 0 Å². The Labute approximate surface area is 88.6 Å². The summed E-state index contributed by atoms with van der Waals surface area (Å²) >= 11 is 1.80. The summed E-state index contributed by atoms with van der Waals surface area (Å²) in [5.41, 5.74) is 0. The van der Waals surface area contributed by atoms with E-state index in [-0.39, 0.29) is 12.5 Å². The monoisotopic (exact) mass is 222 g/mol. The molecule has 0 aromatic rings. The SMILES string of the molecule is CSCCCOCCNC(=O)CON. The fourth-order valence-corrected chi connectivity index (χ4v) is 1.20. The molecule has 0 spiro atoms. The molecule has 3 N–H and O–H groups in total. The lowest BCUT2D eigenvalue weighted by molar-refractivity contribution is -0.126. The van der Waals surface area contributed by atoms with Gasteiger partial charge >= 0.3 is 0 Å². The first-order valence-electron chi connectivity index (χ1n) is 4.46. The molecule has 1 amide bonds. The van der Waals surface area contributed by atoms with Gasteiger partial charge < -0.3 is 10.1 Å². The summed E-state index contributed by atoms with van der Waals surface area (Å²) in [4.78, 5) is 15.0. The Morgan fingerprint density at radius 1 is 1.50 bits per heavy atom. The van der Waals surface area contributed by atoms with E-state index in [1.54, 1.807) is 11.8 Å². The second-order valence-electron chi connectivity index (χ2n) is 2.62. The van der Waals surface area contributed by atoms with E-state index in [9.17, 15) is 4.79 Å². The molecule has 6 heteroatoms. The van der Waals surface area contributed by atoms with Crippen LogP contribution in [0.4, 0.5) is 0 Å². The van der Waals surface area contributed by atoms with E-state index in [4.69, 9.17) is 10.6 Å². The highest BCUT2D eigenvalue weighted by Crippen LogP contribution is 1.94. The van der Waals surface area contributed by atoms with Crippen LogP contribution < -0.4 is 11.2 Å². The van der Waals surface area contributed by atoms with Gasteiger partial charge in [-0.1, -0.05) is 0 Å². The first-order chi connectivity index (χ1) is 6.81. The molecule has 84 valence electrons. The molecule has 0 rings (SSSR count). The van der Waals surface area contributed by atoms with Crippen molar-refractivity contribution in [2.75, 3.05) is 38.4 Å². The van der Waals surface area contributed by atoms with Crippen LogP contribution in [0.15, 0.2) is 0 Å². The zero-order valence-corrected chi connectivity index (χ0v) is 9.27. The van der Waals surface area contributed by atoms with E-state index in [1.807, 2.05) is 0 Å². The molecule has 0 heterocycles. The van der Waals surface area contributed by atoms with Crippen LogP contribution in [0, 0.1) is 0 Å². The minimum absolute atomic E-state index is 0.105. The topological polar surface area (TPSA) is 73.6 Å². The van der Waals surface area contributed by atoms with Crippen LogP contribution in [0.5, 0.6) is 0 Å². The van der Waals surface area contributed by atoms with E-state index in [2.05, 4.69) is 16.4 Å². The number of nitrogens with one attached hydrogen (secondary N) is 1. The Kier molecular flexibility index (Phi) is 10.5. The van der Waals surface area contributed by atoms with E-state index in [1.165, 1.54) is 0 Å². The molecular formula is C8H18N2O3S. The van der Waals surface area contributed by atoms with Gasteiger partial charge in [-0.15, -0.1) is 0 Å². The molecule has 0 bridgehead atoms. The van der Waals surface area contributed by atoms with Gasteiger partial charge in [0.2, 0.25) is 5.91 Å². The number of ether oxygens (including phenoxy) is 1. The molecular weight excluding hydrogens is 204 g/mol. The van der Waals surface area contributed by atoms with Crippen molar-refractivity contribution in [2.45, 2.75) is 6.42 Å². The maximum absolute atomic E-state index is 10.8. The highest BCUT2D eigenvalue weighted by atomic mass is 32.2. The molecule has 0 unspecified atom stereocenters. The van der Waals surface area contributed by atoms with Gasteiger partial charge in [0.1, 0.15) is 6.61 Å². The van der Waals surface area contributed by atoms with Crippen molar-refractivity contribution in [1.82, 2.24) is 5.32 Å². The minimum Gasteiger partial charge on any atom is -0.380 e. The molecule has 0 atom stereocenters. The predicted molar refractivity (Wildman–Crippen MR) is 57.0 cm³/mol. The van der Waals surface area contributed by atoms with Crippen LogP contribution in [0.25, 0.3) is 0 Å². The van der Waals surface area contributed by atoms with Crippen LogP contribution in [0.3, 0.4) is 0 Å². The lowest BCUT2D eigenvalue weighted by Crippen LogP contribution is -2.31. The summed E-state index contributed by atoms with van der Waals surface area (Å²) in [6.45, 7) is 1.67. The van der Waals surface area contributed by atoms with Gasteiger partial charge in [0.15, 0.2) is 0 Å². The van der Waals surface area contributed by atoms with Crippen molar-refractivity contribution < 1.29 is 14.4 Å². The standard InChI is InChI=1S/C8H18N2O3S/c1-14-6-2-4-12-5-3-10-8(11)7-13-9/h2-7,9H2,1H3,(H,10,11). The van der Waals surface area contributed by atoms with Gasteiger partial charge in [-0.05, 0) is 18.4 Å². The Bertz CT molecular complexity index is 147. The summed E-state index contributed by atoms with van der Waals surface area (Å²) in [6.07, 6.45) is 3.11. The maximum atomic E-state index is 10.8. The Morgan fingerprint density at radius 3 is 2.93 bits per heavy atom. The van der Waals surface area contributed by atoms with Crippen LogP contribution in [0.1, 0.15) is 6.42 Å². The number of amides is 1. The second-order valence-corrected chi connectivity index (χ2v) is 3.61. The molecule has 0 radical (unpaired) electrons. The zero-order chi connectivity index (χ0) is 10.6. The quantitative estimate of drug-likeness (QED) is 0.416. The number of thioether (sulfide) groups is 1. The normalized spacial score (nSPS) is 10.1. The lowest BCUT2D eigenvalue weighted by Gasteiger charge is -2.05. The van der Waals surface area contributed by atoms with Crippen LogP contribution in [-0.4, -0.2) is 44.3 Å². The smallest absolute Gasteiger partial charge is 0.248 e. The summed E-state index contributed by atoms with van der Waals surface area (Å²) in [7, 11) is 0. The number of carbonyl (C=O) groups excluding carboxylic acids is 1. The number of hydrogen-bond donors (Lipinski definition) is 2. The van der Waals surface area contributed by atoms with Crippen molar-refractivity contribution in [3.05, 3.63) is 0 Å². The minimum atomic E-state index is -0.222. The van der Waals surface area contributed by atoms with Gasteiger partial charge in [-0.25, -0.2) is 5.90 Å². The lowest BCUT2D eigenvalue weighted by atomic mass is 10.5. The highest BCUT2D eigenvalue weighted by molar-refractivity contribution is 7.98. The van der Waals surface area contributed by atoms with E-state index in [0.29, 0.717) is 13.2 Å². The van der Waals surface area contributed by atoms with Gasteiger partial charge in [0.25, 0.3) is 0 Å². The molecule has 0 fully saturated rings. The number of nitrogens with two attached hydrogens (primary N) is 1. The average molecular weight is 222 g/mol. The Balaban J connectivity index is 3.01. The molecule has 5 nitrogen and oxygen atoms in total. The fourth-order valence-electron chi connectivity index (χ4n) is 0.797. The van der Waals surface area contributed by atoms with E-state index < -0.39 is 0 Å². The summed E-state index contributed by atoms with van der Waals surface area (Å²) in [6, 6.07) is 0. The van der Waals surface area contributed by atoms with Crippen molar-refractivity contribution in [1.29, 1.82) is 0 Å². The number of hydrogen-bond acceptors (Lipinski definition) is 5. The molecule has 0 saturated carbocycles. The molecule has 0 aliphatic carbocycles.